The highest BCUT2D eigenvalue weighted by atomic mass is 19.4. The molecule has 0 unspecified atom stereocenters. The Kier molecular flexibility index (Phi) is 4.25. The lowest BCUT2D eigenvalue weighted by Gasteiger charge is -2.29. The highest BCUT2D eigenvalue weighted by molar-refractivity contribution is 5.40. The molecule has 2 aromatic heterocycles. The lowest BCUT2D eigenvalue weighted by Crippen LogP contribution is -2.36. The number of anilines is 1. The first kappa shape index (κ1) is 15.8. The van der Waals surface area contributed by atoms with Crippen molar-refractivity contribution in [1.82, 2.24) is 19.7 Å². The minimum Gasteiger partial charge on any atom is -0.366 e. The molecule has 0 atom stereocenters. The Balaban J connectivity index is 1.78. The third-order valence-corrected chi connectivity index (χ3v) is 3.97. The molecule has 0 amide bonds. The molecule has 0 bridgehead atoms. The lowest BCUT2D eigenvalue weighted by atomic mass is 10.1. The summed E-state index contributed by atoms with van der Waals surface area (Å²) in [5.41, 5.74) is -0.797. The number of nitrogens with one attached hydrogen (secondary N) is 1. The summed E-state index contributed by atoms with van der Waals surface area (Å²) in [6.45, 7) is 1.99. The molecular weight excluding hydrogens is 307 g/mol. The molecule has 2 aromatic rings. The van der Waals surface area contributed by atoms with Gasteiger partial charge in [-0.05, 0) is 45.1 Å². The van der Waals surface area contributed by atoms with Crippen LogP contribution in [0.15, 0.2) is 30.6 Å². The minimum atomic E-state index is -4.46. The molecule has 1 saturated heterocycles. The summed E-state index contributed by atoms with van der Waals surface area (Å²) in [5, 5.41) is 7.48. The first-order valence-corrected chi connectivity index (χ1v) is 7.47. The van der Waals surface area contributed by atoms with Gasteiger partial charge in [0.25, 0.3) is 0 Å². The molecule has 23 heavy (non-hydrogen) atoms. The predicted molar refractivity (Wildman–Crippen MR) is 80.5 cm³/mol. The normalized spacial score (nSPS) is 17.4. The Bertz CT molecular complexity index is 659. The van der Waals surface area contributed by atoms with E-state index in [1.807, 2.05) is 0 Å². The number of likely N-dealkylation sites (tertiary alicyclic amines) is 1. The number of nitrogens with zero attached hydrogens (tertiary/aromatic N) is 4. The van der Waals surface area contributed by atoms with Crippen molar-refractivity contribution in [1.29, 1.82) is 0 Å². The molecule has 0 radical (unpaired) electrons. The van der Waals surface area contributed by atoms with Gasteiger partial charge in [0, 0.05) is 24.5 Å². The lowest BCUT2D eigenvalue weighted by molar-refractivity contribution is -0.137. The molecule has 1 aliphatic heterocycles. The number of aromatic nitrogens is 3. The molecule has 1 fully saturated rings. The van der Waals surface area contributed by atoms with Crippen molar-refractivity contribution in [2.45, 2.75) is 25.1 Å². The monoisotopic (exact) mass is 325 g/mol. The third-order valence-electron chi connectivity index (χ3n) is 3.97. The van der Waals surface area contributed by atoms with Gasteiger partial charge in [0.1, 0.15) is 11.4 Å². The van der Waals surface area contributed by atoms with Gasteiger partial charge in [-0.2, -0.15) is 13.2 Å². The van der Waals surface area contributed by atoms with Gasteiger partial charge < -0.3 is 10.2 Å². The number of pyridine rings is 1. The van der Waals surface area contributed by atoms with E-state index in [1.54, 1.807) is 6.07 Å². The fraction of sp³-hybridized carbons (Fsp3) is 0.467. The summed E-state index contributed by atoms with van der Waals surface area (Å²) in [6.07, 6.45) is 0.337. The summed E-state index contributed by atoms with van der Waals surface area (Å²) >= 11 is 0. The van der Waals surface area contributed by atoms with E-state index in [4.69, 9.17) is 0 Å². The summed E-state index contributed by atoms with van der Waals surface area (Å²) in [4.78, 5) is 6.08. The van der Waals surface area contributed by atoms with Crippen LogP contribution in [0.5, 0.6) is 0 Å². The molecule has 0 aliphatic carbocycles. The largest absolute Gasteiger partial charge is 0.420 e. The standard InChI is InChI=1S/C15H18F3N5/c1-22-8-4-11(5-9-22)20-13-6-10-23(21-13)14-12(15(16,17)18)3-2-7-19-14/h2-3,6-7,10-11H,4-5,8-9H2,1H3,(H,20,21). The summed E-state index contributed by atoms with van der Waals surface area (Å²) < 4.78 is 40.3. The molecule has 5 nitrogen and oxygen atoms in total. The first-order valence-electron chi connectivity index (χ1n) is 7.47. The smallest absolute Gasteiger partial charge is 0.366 e. The zero-order valence-electron chi connectivity index (χ0n) is 12.7. The third kappa shape index (κ3) is 3.64. The average Bonchev–Trinajstić information content (AvgIpc) is 2.97. The fourth-order valence-electron chi connectivity index (χ4n) is 2.68. The second-order valence-electron chi connectivity index (χ2n) is 5.74. The topological polar surface area (TPSA) is 46.0 Å². The molecular formula is C15H18F3N5. The van der Waals surface area contributed by atoms with Crippen molar-refractivity contribution in [3.63, 3.8) is 0 Å². The second-order valence-corrected chi connectivity index (χ2v) is 5.74. The highest BCUT2D eigenvalue weighted by Gasteiger charge is 2.34. The predicted octanol–water partition coefficient (Wildman–Crippen LogP) is 2.79. The van der Waals surface area contributed by atoms with Gasteiger partial charge in [-0.15, -0.1) is 5.10 Å². The maximum atomic E-state index is 13.0. The summed E-state index contributed by atoms with van der Waals surface area (Å²) in [7, 11) is 2.07. The van der Waals surface area contributed by atoms with Gasteiger partial charge in [-0.1, -0.05) is 0 Å². The number of hydrogen-bond acceptors (Lipinski definition) is 4. The van der Waals surface area contributed by atoms with Crippen LogP contribution in [0, 0.1) is 0 Å². The average molecular weight is 325 g/mol. The van der Waals surface area contributed by atoms with Crippen LogP contribution >= 0.6 is 0 Å². The fourth-order valence-corrected chi connectivity index (χ4v) is 2.68. The highest BCUT2D eigenvalue weighted by Crippen LogP contribution is 2.32. The van der Waals surface area contributed by atoms with Crippen molar-refractivity contribution < 1.29 is 13.2 Å². The number of hydrogen-bond donors (Lipinski definition) is 1. The Morgan fingerprint density at radius 3 is 2.65 bits per heavy atom. The molecule has 8 heteroatoms. The van der Waals surface area contributed by atoms with Crippen LogP contribution in [0.3, 0.4) is 0 Å². The minimum absolute atomic E-state index is 0.212. The Morgan fingerprint density at radius 2 is 1.96 bits per heavy atom. The number of halogens is 3. The van der Waals surface area contributed by atoms with Crippen LogP contribution in [-0.2, 0) is 6.18 Å². The van der Waals surface area contributed by atoms with Crippen molar-refractivity contribution in [3.05, 3.63) is 36.2 Å². The Morgan fingerprint density at radius 1 is 1.22 bits per heavy atom. The van der Waals surface area contributed by atoms with Crippen LogP contribution in [0.25, 0.3) is 5.82 Å². The van der Waals surface area contributed by atoms with Crippen LogP contribution in [0.2, 0.25) is 0 Å². The van der Waals surface area contributed by atoms with E-state index in [-0.39, 0.29) is 5.82 Å². The molecule has 124 valence electrons. The van der Waals surface area contributed by atoms with Gasteiger partial charge >= 0.3 is 6.18 Å². The number of alkyl halides is 3. The van der Waals surface area contributed by atoms with E-state index in [0.717, 1.165) is 32.0 Å². The first-order chi connectivity index (χ1) is 10.9. The summed E-state index contributed by atoms with van der Waals surface area (Å²) in [6, 6.07) is 4.25. The van der Waals surface area contributed by atoms with E-state index >= 15 is 0 Å². The van der Waals surface area contributed by atoms with Gasteiger partial charge in [0.05, 0.1) is 0 Å². The van der Waals surface area contributed by atoms with Crippen molar-refractivity contribution in [2.75, 3.05) is 25.5 Å². The Hall–Kier alpha value is -2.09. The van der Waals surface area contributed by atoms with Crippen LogP contribution < -0.4 is 5.32 Å². The van der Waals surface area contributed by atoms with E-state index in [9.17, 15) is 13.2 Å². The van der Waals surface area contributed by atoms with Crippen LogP contribution in [-0.4, -0.2) is 45.8 Å². The van der Waals surface area contributed by atoms with Crippen LogP contribution in [0.1, 0.15) is 18.4 Å². The van der Waals surface area contributed by atoms with Gasteiger partial charge in [0.15, 0.2) is 5.82 Å². The molecule has 1 aliphatic rings. The molecule has 3 rings (SSSR count). The zero-order chi connectivity index (χ0) is 16.4. The maximum Gasteiger partial charge on any atom is 0.420 e. The van der Waals surface area contributed by atoms with Gasteiger partial charge in [0.2, 0.25) is 0 Å². The number of rotatable bonds is 3. The Labute approximate surface area is 132 Å². The number of piperidine rings is 1. The van der Waals surface area contributed by atoms with E-state index in [2.05, 4.69) is 27.3 Å². The van der Waals surface area contributed by atoms with Crippen molar-refractivity contribution in [2.24, 2.45) is 0 Å². The molecule has 0 saturated carbocycles. The second kappa shape index (κ2) is 6.19. The zero-order valence-corrected chi connectivity index (χ0v) is 12.7. The van der Waals surface area contributed by atoms with Crippen LogP contribution in [0.4, 0.5) is 19.0 Å². The molecule has 0 spiro atoms. The quantitative estimate of drug-likeness (QED) is 0.943. The van der Waals surface area contributed by atoms with Crippen molar-refractivity contribution in [3.8, 4) is 5.82 Å². The van der Waals surface area contributed by atoms with Gasteiger partial charge in [-0.3, -0.25) is 0 Å². The van der Waals surface area contributed by atoms with E-state index in [0.29, 0.717) is 11.9 Å². The van der Waals surface area contributed by atoms with Gasteiger partial charge in [-0.25, -0.2) is 9.67 Å². The van der Waals surface area contributed by atoms with E-state index in [1.165, 1.54) is 23.1 Å². The molecule has 3 heterocycles. The van der Waals surface area contributed by atoms with Crippen molar-refractivity contribution >= 4 is 5.82 Å². The maximum absolute atomic E-state index is 13.0. The van der Waals surface area contributed by atoms with E-state index < -0.39 is 11.7 Å². The molecule has 0 aromatic carbocycles. The SMILES string of the molecule is CN1CCC(Nc2ccn(-c3ncccc3C(F)(F)F)n2)CC1. The summed E-state index contributed by atoms with van der Waals surface area (Å²) in [5.74, 6) is 0.356. The molecule has 1 N–H and O–H groups in total.